The Kier molecular flexibility index (Phi) is 3.55. The number of benzene rings is 2. The first-order valence-electron chi connectivity index (χ1n) is 5.51. The Balaban J connectivity index is 2.31. The standard InChI is InChI=1S/C14H14ClNO/c1-2-10-5-3-6-11(9-10)17-14-12(15)7-4-8-13(14)16/h3-9H,2,16H2,1H3. The molecule has 0 amide bonds. The number of para-hydroxylation sites is 1. The molecule has 2 N–H and O–H groups in total. The van der Waals surface area contributed by atoms with Crippen LogP contribution in [0, 0.1) is 0 Å². The maximum absolute atomic E-state index is 6.05. The van der Waals surface area contributed by atoms with E-state index in [-0.39, 0.29) is 0 Å². The van der Waals surface area contributed by atoms with E-state index in [1.54, 1.807) is 18.2 Å². The van der Waals surface area contributed by atoms with Gasteiger partial charge in [-0.1, -0.05) is 36.7 Å². The zero-order valence-electron chi connectivity index (χ0n) is 9.61. The van der Waals surface area contributed by atoms with Gasteiger partial charge in [-0.3, -0.25) is 0 Å². The van der Waals surface area contributed by atoms with Gasteiger partial charge in [-0.05, 0) is 36.2 Å². The lowest BCUT2D eigenvalue weighted by atomic mass is 10.2. The highest BCUT2D eigenvalue weighted by Gasteiger charge is 2.07. The summed E-state index contributed by atoms with van der Waals surface area (Å²) < 4.78 is 5.73. The average Bonchev–Trinajstić information content (AvgIpc) is 2.34. The largest absolute Gasteiger partial charge is 0.454 e. The minimum absolute atomic E-state index is 0.516. The Morgan fingerprint density at radius 1 is 1.18 bits per heavy atom. The van der Waals surface area contributed by atoms with Crippen LogP contribution in [0.3, 0.4) is 0 Å². The van der Waals surface area contributed by atoms with Crippen molar-refractivity contribution in [2.24, 2.45) is 0 Å². The van der Waals surface area contributed by atoms with Gasteiger partial charge in [0.2, 0.25) is 0 Å². The topological polar surface area (TPSA) is 35.2 Å². The first-order valence-corrected chi connectivity index (χ1v) is 5.89. The first-order chi connectivity index (χ1) is 8.20. The molecule has 2 nitrogen and oxygen atoms in total. The van der Waals surface area contributed by atoms with Crippen LogP contribution in [0.2, 0.25) is 5.02 Å². The predicted molar refractivity (Wildman–Crippen MR) is 71.8 cm³/mol. The summed E-state index contributed by atoms with van der Waals surface area (Å²) >= 11 is 6.05. The maximum Gasteiger partial charge on any atom is 0.168 e. The summed E-state index contributed by atoms with van der Waals surface area (Å²) in [6, 6.07) is 13.2. The molecule has 0 aliphatic rings. The average molecular weight is 248 g/mol. The third-order valence-electron chi connectivity index (χ3n) is 2.52. The zero-order valence-corrected chi connectivity index (χ0v) is 10.4. The molecule has 0 aromatic heterocycles. The van der Waals surface area contributed by atoms with Gasteiger partial charge in [0.05, 0.1) is 10.7 Å². The van der Waals surface area contributed by atoms with E-state index in [0.717, 1.165) is 12.2 Å². The van der Waals surface area contributed by atoms with E-state index < -0.39 is 0 Å². The number of ether oxygens (including phenoxy) is 1. The van der Waals surface area contributed by atoms with E-state index in [1.807, 2.05) is 18.2 Å². The van der Waals surface area contributed by atoms with Crippen LogP contribution in [-0.2, 0) is 6.42 Å². The molecule has 0 unspecified atom stereocenters. The van der Waals surface area contributed by atoms with Crippen LogP contribution in [0.25, 0.3) is 0 Å². The van der Waals surface area contributed by atoms with Gasteiger partial charge in [-0.2, -0.15) is 0 Å². The Morgan fingerprint density at radius 2 is 1.94 bits per heavy atom. The fraction of sp³-hybridized carbons (Fsp3) is 0.143. The van der Waals surface area contributed by atoms with E-state index in [9.17, 15) is 0 Å². The Labute approximate surface area is 106 Å². The summed E-state index contributed by atoms with van der Waals surface area (Å²) in [5.74, 6) is 1.27. The normalized spacial score (nSPS) is 10.2. The number of rotatable bonds is 3. The van der Waals surface area contributed by atoms with Crippen LogP contribution in [0.15, 0.2) is 42.5 Å². The summed E-state index contributed by atoms with van der Waals surface area (Å²) in [6.07, 6.45) is 0.967. The van der Waals surface area contributed by atoms with Crippen LogP contribution in [0.4, 0.5) is 5.69 Å². The molecule has 0 saturated heterocycles. The van der Waals surface area contributed by atoms with Crippen molar-refractivity contribution in [2.75, 3.05) is 5.73 Å². The second-order valence-corrected chi connectivity index (χ2v) is 4.17. The summed E-state index contributed by atoms with van der Waals surface area (Å²) in [5.41, 5.74) is 7.59. The van der Waals surface area contributed by atoms with Gasteiger partial charge >= 0.3 is 0 Å². The molecule has 3 heteroatoms. The first kappa shape index (κ1) is 11.8. The van der Waals surface area contributed by atoms with Crippen molar-refractivity contribution in [3.05, 3.63) is 53.1 Å². The number of halogens is 1. The number of nitrogen functional groups attached to an aromatic ring is 1. The third kappa shape index (κ3) is 2.71. The highest BCUT2D eigenvalue weighted by atomic mass is 35.5. The zero-order chi connectivity index (χ0) is 12.3. The van der Waals surface area contributed by atoms with Gasteiger partial charge < -0.3 is 10.5 Å². The molecule has 2 aromatic rings. The molecule has 0 aliphatic heterocycles. The fourth-order valence-corrected chi connectivity index (χ4v) is 1.80. The van der Waals surface area contributed by atoms with E-state index in [0.29, 0.717) is 16.5 Å². The number of aryl methyl sites for hydroxylation is 1. The molecule has 0 atom stereocenters. The van der Waals surface area contributed by atoms with E-state index >= 15 is 0 Å². The lowest BCUT2D eigenvalue weighted by Crippen LogP contribution is -1.93. The smallest absolute Gasteiger partial charge is 0.168 e. The van der Waals surface area contributed by atoms with Gasteiger partial charge in [0.15, 0.2) is 5.75 Å². The number of hydrogen-bond acceptors (Lipinski definition) is 2. The summed E-state index contributed by atoms with van der Waals surface area (Å²) in [5, 5.41) is 0.520. The van der Waals surface area contributed by atoms with Crippen molar-refractivity contribution in [1.29, 1.82) is 0 Å². The third-order valence-corrected chi connectivity index (χ3v) is 2.82. The Morgan fingerprint density at radius 3 is 2.65 bits per heavy atom. The highest BCUT2D eigenvalue weighted by molar-refractivity contribution is 6.32. The number of anilines is 1. The van der Waals surface area contributed by atoms with Crippen molar-refractivity contribution in [1.82, 2.24) is 0 Å². The summed E-state index contributed by atoms with van der Waals surface area (Å²) in [4.78, 5) is 0. The lowest BCUT2D eigenvalue weighted by molar-refractivity contribution is 0.484. The Bertz CT molecular complexity index is 505. The van der Waals surface area contributed by atoms with Crippen molar-refractivity contribution < 1.29 is 4.74 Å². The molecule has 2 aromatic carbocycles. The summed E-state index contributed by atoms with van der Waals surface area (Å²) in [7, 11) is 0. The molecule has 88 valence electrons. The monoisotopic (exact) mass is 247 g/mol. The van der Waals surface area contributed by atoms with Crippen molar-refractivity contribution in [2.45, 2.75) is 13.3 Å². The molecule has 0 radical (unpaired) electrons. The van der Waals surface area contributed by atoms with Crippen molar-refractivity contribution in [3.63, 3.8) is 0 Å². The number of nitrogens with two attached hydrogens (primary N) is 1. The summed E-state index contributed by atoms with van der Waals surface area (Å²) in [6.45, 7) is 2.10. The molecule has 0 heterocycles. The SMILES string of the molecule is CCc1cccc(Oc2c(N)cccc2Cl)c1. The second-order valence-electron chi connectivity index (χ2n) is 3.76. The second kappa shape index (κ2) is 5.11. The van der Waals surface area contributed by atoms with Crippen LogP contribution >= 0.6 is 11.6 Å². The van der Waals surface area contributed by atoms with Crippen LogP contribution < -0.4 is 10.5 Å². The van der Waals surface area contributed by atoms with Gasteiger partial charge in [-0.15, -0.1) is 0 Å². The fourth-order valence-electron chi connectivity index (χ4n) is 1.58. The van der Waals surface area contributed by atoms with Gasteiger partial charge in [0.1, 0.15) is 5.75 Å². The molecule has 0 saturated carbocycles. The molecular formula is C14H14ClNO. The van der Waals surface area contributed by atoms with Crippen LogP contribution in [0.1, 0.15) is 12.5 Å². The minimum Gasteiger partial charge on any atom is -0.454 e. The maximum atomic E-state index is 6.05. The van der Waals surface area contributed by atoms with E-state index in [1.165, 1.54) is 5.56 Å². The van der Waals surface area contributed by atoms with Crippen molar-refractivity contribution >= 4 is 17.3 Å². The molecule has 0 spiro atoms. The predicted octanol–water partition coefficient (Wildman–Crippen LogP) is 4.28. The van der Waals surface area contributed by atoms with Crippen molar-refractivity contribution in [3.8, 4) is 11.5 Å². The van der Waals surface area contributed by atoms with Crippen LogP contribution in [0.5, 0.6) is 11.5 Å². The van der Waals surface area contributed by atoms with Gasteiger partial charge in [0, 0.05) is 0 Å². The molecular weight excluding hydrogens is 234 g/mol. The molecule has 0 aliphatic carbocycles. The molecule has 0 bridgehead atoms. The highest BCUT2D eigenvalue weighted by Crippen LogP contribution is 2.34. The minimum atomic E-state index is 0.516. The molecule has 17 heavy (non-hydrogen) atoms. The quantitative estimate of drug-likeness (QED) is 0.822. The molecule has 2 rings (SSSR count). The molecule has 0 fully saturated rings. The lowest BCUT2D eigenvalue weighted by Gasteiger charge is -2.10. The van der Waals surface area contributed by atoms with Gasteiger partial charge in [0.25, 0.3) is 0 Å². The Hall–Kier alpha value is -1.67. The van der Waals surface area contributed by atoms with Gasteiger partial charge in [-0.25, -0.2) is 0 Å². The van der Waals surface area contributed by atoms with E-state index in [4.69, 9.17) is 22.1 Å². The van der Waals surface area contributed by atoms with E-state index in [2.05, 4.69) is 13.0 Å². The van der Waals surface area contributed by atoms with Crippen LogP contribution in [-0.4, -0.2) is 0 Å². The number of hydrogen-bond donors (Lipinski definition) is 1.